The van der Waals surface area contributed by atoms with E-state index in [9.17, 15) is 13.6 Å². The van der Waals surface area contributed by atoms with Gasteiger partial charge in [-0.15, -0.1) is 0 Å². The molecule has 0 spiro atoms. The highest BCUT2D eigenvalue weighted by atomic mass is 79.9. The first kappa shape index (κ1) is 25.2. The number of hydrogen-bond acceptors (Lipinski definition) is 6. The molecule has 0 aliphatic rings. The second-order valence-corrected chi connectivity index (χ2v) is 10.6. The molecule has 0 radical (unpaired) electrons. The summed E-state index contributed by atoms with van der Waals surface area (Å²) in [6.07, 6.45) is 0.400. The van der Waals surface area contributed by atoms with E-state index < -0.39 is 22.7 Å². The Morgan fingerprint density at radius 1 is 1.06 bits per heavy atom. The molecule has 180 valence electrons. The first-order chi connectivity index (χ1) is 16.8. The molecule has 0 aliphatic heterocycles. The standard InChI is InChI=1S/C25H23BrN4O3S2/c1-25(2,18-11-7-4-8-12-18)27-24(31)20-14-13-19(26)16-22(20)30(35(32)33)23-21(28-34-29-23)15-17-9-5-3-6-10-17/h3-14,16H,15H2,1-2H3,(H,27,31)(H,32,33)/p-1. The van der Waals surface area contributed by atoms with Crippen molar-refractivity contribution in [3.63, 3.8) is 0 Å². The molecule has 1 heterocycles. The molecule has 3 aromatic carbocycles. The zero-order valence-electron chi connectivity index (χ0n) is 19.0. The van der Waals surface area contributed by atoms with Gasteiger partial charge >= 0.3 is 0 Å². The van der Waals surface area contributed by atoms with Crippen molar-refractivity contribution >= 4 is 56.3 Å². The molecule has 1 N–H and O–H groups in total. The van der Waals surface area contributed by atoms with Gasteiger partial charge in [0.15, 0.2) is 5.82 Å². The van der Waals surface area contributed by atoms with Crippen LogP contribution in [0.2, 0.25) is 0 Å². The smallest absolute Gasteiger partial charge is 0.254 e. The summed E-state index contributed by atoms with van der Waals surface area (Å²) in [5.41, 5.74) is 2.07. The summed E-state index contributed by atoms with van der Waals surface area (Å²) in [5, 5.41) is 3.03. The van der Waals surface area contributed by atoms with Gasteiger partial charge in [-0.25, -0.2) is 0 Å². The van der Waals surface area contributed by atoms with Gasteiger partial charge in [0, 0.05) is 10.9 Å². The van der Waals surface area contributed by atoms with Crippen LogP contribution in [0.25, 0.3) is 0 Å². The lowest BCUT2D eigenvalue weighted by atomic mass is 9.94. The molecule has 4 aromatic rings. The van der Waals surface area contributed by atoms with Crippen LogP contribution in [0.5, 0.6) is 0 Å². The second kappa shape index (κ2) is 10.8. The summed E-state index contributed by atoms with van der Waals surface area (Å²) >= 11 is 1.57. The van der Waals surface area contributed by atoms with Crippen LogP contribution in [0, 0.1) is 0 Å². The van der Waals surface area contributed by atoms with Crippen molar-refractivity contribution in [3.8, 4) is 0 Å². The molecule has 10 heteroatoms. The Kier molecular flexibility index (Phi) is 7.75. The minimum atomic E-state index is -2.76. The Labute approximate surface area is 219 Å². The average molecular weight is 571 g/mol. The van der Waals surface area contributed by atoms with Crippen molar-refractivity contribution in [3.05, 3.63) is 106 Å². The van der Waals surface area contributed by atoms with Gasteiger partial charge in [0.2, 0.25) is 0 Å². The van der Waals surface area contributed by atoms with E-state index in [2.05, 4.69) is 30.0 Å². The number of anilines is 2. The number of halogens is 1. The van der Waals surface area contributed by atoms with E-state index in [1.807, 2.05) is 74.5 Å². The molecule has 1 aromatic heterocycles. The fourth-order valence-corrected chi connectivity index (χ4v) is 5.21. The molecule has 0 saturated heterocycles. The Morgan fingerprint density at radius 3 is 2.37 bits per heavy atom. The molecule has 7 nitrogen and oxygen atoms in total. The van der Waals surface area contributed by atoms with Gasteiger partial charge in [0.1, 0.15) is 5.69 Å². The van der Waals surface area contributed by atoms with Crippen molar-refractivity contribution in [2.24, 2.45) is 0 Å². The van der Waals surface area contributed by atoms with Crippen LogP contribution in [0.3, 0.4) is 0 Å². The van der Waals surface area contributed by atoms with E-state index in [1.54, 1.807) is 18.2 Å². The molecular weight excluding hydrogens is 548 g/mol. The van der Waals surface area contributed by atoms with Crippen LogP contribution in [0.15, 0.2) is 83.3 Å². The Bertz CT molecular complexity index is 1350. The van der Waals surface area contributed by atoms with E-state index in [1.165, 1.54) is 0 Å². The van der Waals surface area contributed by atoms with Crippen LogP contribution >= 0.6 is 27.7 Å². The molecular formula is C25H22BrN4O3S2-. The van der Waals surface area contributed by atoms with Gasteiger partial charge < -0.3 is 9.87 Å². The number of aromatic nitrogens is 2. The molecule has 4 rings (SSSR count). The Hall–Kier alpha value is -2.92. The highest BCUT2D eigenvalue weighted by molar-refractivity contribution is 9.10. The maximum Gasteiger partial charge on any atom is 0.254 e. The lowest BCUT2D eigenvalue weighted by Crippen LogP contribution is -2.41. The normalized spacial score (nSPS) is 12.2. The zero-order chi connectivity index (χ0) is 25.0. The Balaban J connectivity index is 1.73. The quantitative estimate of drug-likeness (QED) is 0.283. The lowest BCUT2D eigenvalue weighted by molar-refractivity contribution is 0.0913. The van der Waals surface area contributed by atoms with E-state index >= 15 is 0 Å². The number of carbonyl (C=O) groups excluding carboxylic acids is 1. The van der Waals surface area contributed by atoms with Crippen LogP contribution in [0.4, 0.5) is 11.5 Å². The second-order valence-electron chi connectivity index (χ2n) is 8.32. The van der Waals surface area contributed by atoms with Crippen LogP contribution in [0.1, 0.15) is 41.0 Å². The van der Waals surface area contributed by atoms with Crippen molar-refractivity contribution in [2.75, 3.05) is 4.31 Å². The lowest BCUT2D eigenvalue weighted by Gasteiger charge is -2.30. The third-order valence-electron chi connectivity index (χ3n) is 5.44. The third-order valence-corrected chi connectivity index (χ3v) is 7.15. The number of rotatable bonds is 8. The fraction of sp³-hybridized carbons (Fsp3) is 0.160. The summed E-state index contributed by atoms with van der Waals surface area (Å²) in [6, 6.07) is 24.0. The van der Waals surface area contributed by atoms with Gasteiger partial charge in [0.25, 0.3) is 5.91 Å². The monoisotopic (exact) mass is 569 g/mol. The van der Waals surface area contributed by atoms with E-state index in [-0.39, 0.29) is 17.1 Å². The summed E-state index contributed by atoms with van der Waals surface area (Å²) in [4.78, 5) is 13.5. The maximum atomic E-state index is 13.5. The van der Waals surface area contributed by atoms with Crippen LogP contribution < -0.4 is 9.62 Å². The molecule has 0 saturated carbocycles. The summed E-state index contributed by atoms with van der Waals surface area (Å²) in [5.74, 6) is -0.244. The number of amides is 1. The highest BCUT2D eigenvalue weighted by Gasteiger charge is 2.28. The molecule has 1 atom stereocenters. The van der Waals surface area contributed by atoms with Crippen LogP contribution in [-0.2, 0) is 23.2 Å². The van der Waals surface area contributed by atoms with E-state index in [4.69, 9.17) is 0 Å². The van der Waals surface area contributed by atoms with Crippen molar-refractivity contribution < 1.29 is 13.6 Å². The van der Waals surface area contributed by atoms with Crippen molar-refractivity contribution in [1.29, 1.82) is 0 Å². The number of benzene rings is 3. The number of nitrogens with zero attached hydrogens (tertiary/aromatic N) is 3. The van der Waals surface area contributed by atoms with E-state index in [0.29, 0.717) is 16.6 Å². The molecule has 0 bridgehead atoms. The average Bonchev–Trinajstić information content (AvgIpc) is 3.27. The molecule has 0 fully saturated rings. The Morgan fingerprint density at radius 2 is 1.71 bits per heavy atom. The van der Waals surface area contributed by atoms with Crippen molar-refractivity contribution in [1.82, 2.24) is 14.1 Å². The molecule has 1 unspecified atom stereocenters. The van der Waals surface area contributed by atoms with E-state index in [0.717, 1.165) is 27.2 Å². The van der Waals surface area contributed by atoms with Gasteiger partial charge in [-0.05, 0) is 43.2 Å². The maximum absolute atomic E-state index is 13.5. The van der Waals surface area contributed by atoms with Gasteiger partial charge in [-0.1, -0.05) is 76.6 Å². The number of nitrogens with one attached hydrogen (secondary N) is 1. The van der Waals surface area contributed by atoms with Crippen LogP contribution in [-0.4, -0.2) is 23.4 Å². The fourth-order valence-electron chi connectivity index (χ4n) is 3.66. The minimum absolute atomic E-state index is 0.168. The van der Waals surface area contributed by atoms with Gasteiger partial charge in [0.05, 0.1) is 39.8 Å². The van der Waals surface area contributed by atoms with Crippen molar-refractivity contribution in [2.45, 2.75) is 25.8 Å². The minimum Gasteiger partial charge on any atom is -0.755 e. The largest absolute Gasteiger partial charge is 0.755 e. The zero-order valence-corrected chi connectivity index (χ0v) is 22.2. The molecule has 1 amide bonds. The predicted molar refractivity (Wildman–Crippen MR) is 141 cm³/mol. The molecule has 35 heavy (non-hydrogen) atoms. The van der Waals surface area contributed by atoms with Gasteiger partial charge in [-0.2, -0.15) is 8.75 Å². The summed E-state index contributed by atoms with van der Waals surface area (Å²) in [7, 11) is 0. The predicted octanol–water partition coefficient (Wildman–Crippen LogP) is 5.49. The molecule has 0 aliphatic carbocycles. The summed E-state index contributed by atoms with van der Waals surface area (Å²) < 4.78 is 35.3. The summed E-state index contributed by atoms with van der Waals surface area (Å²) in [6.45, 7) is 3.79. The number of carbonyl (C=O) groups is 1. The number of hydrogen-bond donors (Lipinski definition) is 1. The SMILES string of the molecule is CC(C)(NC(=O)c1ccc(Br)cc1N(c1nsnc1Cc1ccccc1)S(=O)[O-])c1ccccc1. The third kappa shape index (κ3) is 5.84. The topological polar surface area (TPSA) is 98.2 Å². The van der Waals surface area contributed by atoms with Gasteiger partial charge in [-0.3, -0.25) is 13.3 Å². The first-order valence-electron chi connectivity index (χ1n) is 10.7. The first-order valence-corrected chi connectivity index (χ1v) is 13.2. The highest BCUT2D eigenvalue weighted by Crippen LogP contribution is 2.35.